The Kier molecular flexibility index (Phi) is 8.29. The first kappa shape index (κ1) is 25.0. The summed E-state index contributed by atoms with van der Waals surface area (Å²) in [6, 6.07) is 21.0. The Labute approximate surface area is 203 Å². The van der Waals surface area contributed by atoms with E-state index in [-0.39, 0.29) is 24.0 Å². The lowest BCUT2D eigenvalue weighted by Gasteiger charge is -2.24. The molecule has 33 heavy (non-hydrogen) atoms. The van der Waals surface area contributed by atoms with Gasteiger partial charge in [-0.25, -0.2) is 8.42 Å². The fraction of sp³-hybridized carbons (Fsp3) is 0.240. The van der Waals surface area contributed by atoms with Crippen molar-refractivity contribution in [2.45, 2.75) is 31.3 Å². The third kappa shape index (κ3) is 6.43. The van der Waals surface area contributed by atoms with Crippen LogP contribution in [0.1, 0.15) is 29.7 Å². The molecule has 3 aromatic carbocycles. The number of rotatable bonds is 9. The first-order valence-corrected chi connectivity index (χ1v) is 12.7. The molecule has 0 radical (unpaired) electrons. The van der Waals surface area contributed by atoms with Crippen LogP contribution >= 0.6 is 15.9 Å². The number of nitrogens with zero attached hydrogens (tertiary/aromatic N) is 1. The molecular weight excluding hydrogens is 504 g/mol. The summed E-state index contributed by atoms with van der Waals surface area (Å²) in [5.74, 6) is 0.255. The van der Waals surface area contributed by atoms with Gasteiger partial charge in [-0.1, -0.05) is 64.0 Å². The van der Waals surface area contributed by atoms with Gasteiger partial charge in [0.1, 0.15) is 5.75 Å². The molecular formula is C25H27BrN2O4S. The van der Waals surface area contributed by atoms with Crippen molar-refractivity contribution in [1.29, 1.82) is 0 Å². The number of nitrogens with one attached hydrogen (secondary N) is 1. The summed E-state index contributed by atoms with van der Waals surface area (Å²) in [5, 5.41) is 2.90. The van der Waals surface area contributed by atoms with Gasteiger partial charge in [-0.2, -0.15) is 4.31 Å². The number of benzene rings is 3. The van der Waals surface area contributed by atoms with Crippen molar-refractivity contribution in [1.82, 2.24) is 9.62 Å². The highest BCUT2D eigenvalue weighted by atomic mass is 79.9. The number of hydrogen-bond donors (Lipinski definition) is 1. The number of carbonyl (C=O) groups excluding carboxylic acids is 1. The van der Waals surface area contributed by atoms with Crippen LogP contribution in [0.25, 0.3) is 0 Å². The molecule has 174 valence electrons. The fourth-order valence-electron chi connectivity index (χ4n) is 3.43. The van der Waals surface area contributed by atoms with Crippen LogP contribution in [0.5, 0.6) is 5.75 Å². The summed E-state index contributed by atoms with van der Waals surface area (Å²) in [7, 11) is -2.34. The zero-order valence-corrected chi connectivity index (χ0v) is 21.2. The summed E-state index contributed by atoms with van der Waals surface area (Å²) in [5.41, 5.74) is 2.69. The highest BCUT2D eigenvalue weighted by molar-refractivity contribution is 9.10. The van der Waals surface area contributed by atoms with Crippen molar-refractivity contribution in [3.63, 3.8) is 0 Å². The number of sulfonamides is 1. The molecule has 3 rings (SSSR count). The maximum atomic E-state index is 13.4. The highest BCUT2D eigenvalue weighted by Gasteiger charge is 2.27. The van der Waals surface area contributed by atoms with Crippen LogP contribution in [0, 0.1) is 6.92 Å². The molecule has 0 aromatic heterocycles. The van der Waals surface area contributed by atoms with Gasteiger partial charge in [-0.3, -0.25) is 4.79 Å². The molecule has 1 atom stereocenters. The number of para-hydroxylation sites is 1. The van der Waals surface area contributed by atoms with Crippen LogP contribution in [0.2, 0.25) is 0 Å². The number of methoxy groups -OCH3 is 1. The highest BCUT2D eigenvalue weighted by Crippen LogP contribution is 2.25. The Morgan fingerprint density at radius 1 is 1.03 bits per heavy atom. The van der Waals surface area contributed by atoms with Crippen LogP contribution in [0.3, 0.4) is 0 Å². The lowest BCUT2D eigenvalue weighted by Crippen LogP contribution is -2.41. The molecule has 8 heteroatoms. The second-order valence-corrected chi connectivity index (χ2v) is 10.6. The minimum absolute atomic E-state index is 0.0785. The van der Waals surface area contributed by atoms with Crippen molar-refractivity contribution in [3.8, 4) is 5.75 Å². The van der Waals surface area contributed by atoms with Crippen molar-refractivity contribution in [3.05, 3.63) is 94.0 Å². The Balaban J connectivity index is 1.84. The minimum atomic E-state index is -3.91. The third-order valence-electron chi connectivity index (χ3n) is 5.23. The van der Waals surface area contributed by atoms with Crippen molar-refractivity contribution < 1.29 is 17.9 Å². The average Bonchev–Trinajstić information content (AvgIpc) is 2.80. The first-order valence-electron chi connectivity index (χ1n) is 10.4. The van der Waals surface area contributed by atoms with E-state index >= 15 is 0 Å². The van der Waals surface area contributed by atoms with E-state index in [0.717, 1.165) is 21.2 Å². The van der Waals surface area contributed by atoms with Crippen LogP contribution in [0.15, 0.2) is 82.2 Å². The quantitative estimate of drug-likeness (QED) is 0.429. The zero-order valence-electron chi connectivity index (χ0n) is 18.8. The smallest absolute Gasteiger partial charge is 0.243 e. The van der Waals surface area contributed by atoms with Gasteiger partial charge in [-0.05, 0) is 49.7 Å². The third-order valence-corrected chi connectivity index (χ3v) is 7.57. The van der Waals surface area contributed by atoms with E-state index < -0.39 is 15.9 Å². The van der Waals surface area contributed by atoms with Gasteiger partial charge < -0.3 is 10.1 Å². The second kappa shape index (κ2) is 11.0. The van der Waals surface area contributed by atoms with Crippen LogP contribution < -0.4 is 10.1 Å². The van der Waals surface area contributed by atoms with E-state index in [4.69, 9.17) is 4.74 Å². The fourth-order valence-corrected chi connectivity index (χ4v) is 5.08. The average molecular weight is 531 g/mol. The molecule has 3 aromatic rings. The number of carbonyl (C=O) groups is 1. The van der Waals surface area contributed by atoms with Gasteiger partial charge in [0, 0.05) is 16.6 Å². The molecule has 1 amide bonds. The molecule has 0 aliphatic carbocycles. The molecule has 0 spiro atoms. The lowest BCUT2D eigenvalue weighted by atomic mass is 10.1. The number of ether oxygens (including phenoxy) is 1. The number of halogens is 1. The van der Waals surface area contributed by atoms with Crippen LogP contribution in [0.4, 0.5) is 0 Å². The number of amides is 1. The predicted molar refractivity (Wildman–Crippen MR) is 132 cm³/mol. The second-order valence-electron chi connectivity index (χ2n) is 7.74. The topological polar surface area (TPSA) is 75.7 Å². The first-order chi connectivity index (χ1) is 15.7. The van der Waals surface area contributed by atoms with E-state index in [1.807, 2.05) is 62.4 Å². The van der Waals surface area contributed by atoms with Gasteiger partial charge in [0.25, 0.3) is 0 Å². The molecule has 0 aliphatic heterocycles. The molecule has 0 aliphatic rings. The van der Waals surface area contributed by atoms with Gasteiger partial charge in [0.15, 0.2) is 0 Å². The van der Waals surface area contributed by atoms with Crippen LogP contribution in [-0.4, -0.2) is 32.3 Å². The van der Waals surface area contributed by atoms with Gasteiger partial charge in [-0.15, -0.1) is 0 Å². The molecule has 6 nitrogen and oxygen atoms in total. The summed E-state index contributed by atoms with van der Waals surface area (Å²) < 4.78 is 34.2. The summed E-state index contributed by atoms with van der Waals surface area (Å²) in [6.45, 7) is 3.57. The standard InChI is InChI=1S/C25H27BrN2O4S/c1-18-8-10-20(11-9-18)16-28(33(30,31)22-14-12-21(26)13-15-22)17-25(29)27-19(2)23-6-4-5-7-24(23)32-3/h4-15,19H,16-17H2,1-3H3,(H,27,29). The molecule has 0 saturated heterocycles. The maximum absolute atomic E-state index is 13.4. The normalized spacial score (nSPS) is 12.4. The summed E-state index contributed by atoms with van der Waals surface area (Å²) in [4.78, 5) is 13.1. The zero-order chi connectivity index (χ0) is 24.0. The molecule has 0 saturated carbocycles. The minimum Gasteiger partial charge on any atom is -0.496 e. The molecule has 1 N–H and O–H groups in total. The van der Waals surface area contributed by atoms with Crippen molar-refractivity contribution in [2.75, 3.05) is 13.7 Å². The Morgan fingerprint density at radius 3 is 2.30 bits per heavy atom. The Hall–Kier alpha value is -2.68. The van der Waals surface area contributed by atoms with Gasteiger partial charge in [0.2, 0.25) is 15.9 Å². The molecule has 0 bridgehead atoms. The monoisotopic (exact) mass is 530 g/mol. The maximum Gasteiger partial charge on any atom is 0.243 e. The van der Waals surface area contributed by atoms with E-state index in [9.17, 15) is 13.2 Å². The molecule has 0 fully saturated rings. The van der Waals surface area contributed by atoms with E-state index in [1.54, 1.807) is 19.2 Å². The van der Waals surface area contributed by atoms with E-state index in [0.29, 0.717) is 5.75 Å². The van der Waals surface area contributed by atoms with Gasteiger partial charge >= 0.3 is 0 Å². The van der Waals surface area contributed by atoms with Crippen molar-refractivity contribution >= 4 is 31.9 Å². The van der Waals surface area contributed by atoms with Gasteiger partial charge in [0.05, 0.1) is 24.6 Å². The lowest BCUT2D eigenvalue weighted by molar-refractivity contribution is -0.122. The molecule has 0 heterocycles. The predicted octanol–water partition coefficient (Wildman–Crippen LogP) is 4.83. The SMILES string of the molecule is COc1ccccc1C(C)NC(=O)CN(Cc1ccc(C)cc1)S(=O)(=O)c1ccc(Br)cc1. The van der Waals surface area contributed by atoms with E-state index in [1.165, 1.54) is 16.4 Å². The number of aryl methyl sites for hydroxylation is 1. The van der Waals surface area contributed by atoms with Crippen molar-refractivity contribution in [2.24, 2.45) is 0 Å². The Bertz CT molecular complexity index is 1200. The van der Waals surface area contributed by atoms with E-state index in [2.05, 4.69) is 21.2 Å². The summed E-state index contributed by atoms with van der Waals surface area (Å²) in [6.07, 6.45) is 0. The molecule has 1 unspecified atom stereocenters. The van der Waals surface area contributed by atoms with Crippen LogP contribution in [-0.2, 0) is 21.4 Å². The Morgan fingerprint density at radius 2 is 1.67 bits per heavy atom. The summed E-state index contributed by atoms with van der Waals surface area (Å²) >= 11 is 3.33. The largest absolute Gasteiger partial charge is 0.496 e. The number of hydrogen-bond acceptors (Lipinski definition) is 4.